The molecule has 1 saturated heterocycles. The molecule has 1 rings (SSSR count). The van der Waals surface area contributed by atoms with Gasteiger partial charge in [-0.25, -0.2) is 0 Å². The molecule has 0 radical (unpaired) electrons. The van der Waals surface area contributed by atoms with Crippen molar-refractivity contribution in [3.05, 3.63) is 0 Å². The van der Waals surface area contributed by atoms with Crippen molar-refractivity contribution in [3.8, 4) is 12.3 Å². The molecule has 0 spiro atoms. The Hall–Kier alpha value is -2.60. The van der Waals surface area contributed by atoms with Crippen LogP contribution >= 0.6 is 0 Å². The quantitative estimate of drug-likeness (QED) is 0.377. The van der Waals surface area contributed by atoms with Crippen molar-refractivity contribution >= 4 is 23.9 Å². The summed E-state index contributed by atoms with van der Waals surface area (Å²) in [5, 5.41) is 0. The Morgan fingerprint density at radius 3 is 2.00 bits per heavy atom. The predicted molar refractivity (Wildman–Crippen MR) is 75.9 cm³/mol. The molecule has 1 aliphatic heterocycles. The number of carbonyl (C=O) groups excluding carboxylic acids is 4. The summed E-state index contributed by atoms with van der Waals surface area (Å²) < 4.78 is 25.4. The van der Waals surface area contributed by atoms with Gasteiger partial charge in [0.2, 0.25) is 18.0 Å². The van der Waals surface area contributed by atoms with Gasteiger partial charge in [-0.05, 0) is 0 Å². The maximum Gasteiger partial charge on any atom is 0.305 e. The number of hydrogen-bond donors (Lipinski definition) is 0. The fourth-order valence-corrected chi connectivity index (χ4v) is 2.22. The summed E-state index contributed by atoms with van der Waals surface area (Å²) in [5.41, 5.74) is -1.92. The number of esters is 4. The number of ether oxygens (including phenoxy) is 5. The second-order valence-corrected chi connectivity index (χ2v) is 4.97. The van der Waals surface area contributed by atoms with E-state index in [1.165, 1.54) is 0 Å². The zero-order valence-electron chi connectivity index (χ0n) is 13.7. The molecule has 9 nitrogen and oxygen atoms in total. The molecule has 9 heteroatoms. The molecule has 0 aromatic carbocycles. The summed E-state index contributed by atoms with van der Waals surface area (Å²) in [6, 6.07) is 0. The van der Waals surface area contributed by atoms with Crippen LogP contribution in [-0.4, -0.2) is 54.6 Å². The van der Waals surface area contributed by atoms with E-state index in [1.54, 1.807) is 0 Å². The average Bonchev–Trinajstić information content (AvgIpc) is 2.69. The van der Waals surface area contributed by atoms with E-state index in [0.29, 0.717) is 0 Å². The highest BCUT2D eigenvalue weighted by Crippen LogP contribution is 2.37. The fourth-order valence-electron chi connectivity index (χ4n) is 2.22. The van der Waals surface area contributed by atoms with Gasteiger partial charge in [-0.2, -0.15) is 0 Å². The second-order valence-electron chi connectivity index (χ2n) is 4.97. The molecule has 1 fully saturated rings. The van der Waals surface area contributed by atoms with Crippen LogP contribution < -0.4 is 0 Å². The smallest absolute Gasteiger partial charge is 0.305 e. The van der Waals surface area contributed by atoms with Crippen molar-refractivity contribution in [3.63, 3.8) is 0 Å². The first-order valence-electron chi connectivity index (χ1n) is 6.93. The minimum absolute atomic E-state index is 0.400. The Morgan fingerprint density at radius 1 is 1.00 bits per heavy atom. The molecule has 1 aliphatic rings. The maximum atomic E-state index is 11.5. The Morgan fingerprint density at radius 2 is 1.58 bits per heavy atom. The van der Waals surface area contributed by atoms with Gasteiger partial charge in [0, 0.05) is 27.7 Å². The standard InChI is InChI=1S/C15H18O9/c1-6-15(24-11(5)19)12(7-20-8(2)16)23-14(22-10(4)18)13(15)21-9(3)17/h1,12-14H,7H2,2-5H3/t12-,13+,14?,15-/m1/s1. The highest BCUT2D eigenvalue weighted by atomic mass is 16.8. The minimum atomic E-state index is -1.92. The molecule has 1 heterocycles. The Bertz CT molecular complexity index is 576. The topological polar surface area (TPSA) is 114 Å². The van der Waals surface area contributed by atoms with Gasteiger partial charge in [0.1, 0.15) is 6.61 Å². The molecule has 1 unspecified atom stereocenters. The molecule has 0 bridgehead atoms. The summed E-state index contributed by atoms with van der Waals surface area (Å²) in [6.45, 7) is 4.05. The molecule has 0 amide bonds. The molecule has 132 valence electrons. The van der Waals surface area contributed by atoms with Crippen LogP contribution in [0.1, 0.15) is 27.7 Å². The van der Waals surface area contributed by atoms with Crippen molar-refractivity contribution in [2.24, 2.45) is 0 Å². The first-order chi connectivity index (χ1) is 11.1. The third-order valence-electron chi connectivity index (χ3n) is 3.00. The summed E-state index contributed by atoms with van der Waals surface area (Å²) in [7, 11) is 0. The van der Waals surface area contributed by atoms with Crippen molar-refractivity contribution in [1.29, 1.82) is 0 Å². The van der Waals surface area contributed by atoms with Crippen LogP contribution in [0.3, 0.4) is 0 Å². The molecule has 0 aromatic heterocycles. The highest BCUT2D eigenvalue weighted by molar-refractivity contribution is 5.69. The van der Waals surface area contributed by atoms with E-state index in [1.807, 2.05) is 0 Å². The summed E-state index contributed by atoms with van der Waals surface area (Å²) in [6.07, 6.45) is 1.44. The van der Waals surface area contributed by atoms with Gasteiger partial charge in [-0.3, -0.25) is 19.2 Å². The van der Waals surface area contributed by atoms with Crippen molar-refractivity contribution in [2.45, 2.75) is 51.8 Å². The van der Waals surface area contributed by atoms with Crippen LogP contribution in [0.25, 0.3) is 0 Å². The normalized spacial score (nSPS) is 28.4. The number of hydrogen-bond acceptors (Lipinski definition) is 9. The lowest BCUT2D eigenvalue weighted by atomic mass is 9.93. The second kappa shape index (κ2) is 7.79. The van der Waals surface area contributed by atoms with Gasteiger partial charge in [0.05, 0.1) is 0 Å². The summed E-state index contributed by atoms with van der Waals surface area (Å²) in [4.78, 5) is 45.1. The lowest BCUT2D eigenvalue weighted by Crippen LogP contribution is -2.54. The van der Waals surface area contributed by atoms with E-state index in [4.69, 9.17) is 30.1 Å². The van der Waals surface area contributed by atoms with Gasteiger partial charge in [-0.15, -0.1) is 6.42 Å². The summed E-state index contributed by atoms with van der Waals surface area (Å²) >= 11 is 0. The average molecular weight is 342 g/mol. The van der Waals surface area contributed by atoms with Crippen LogP contribution in [0.15, 0.2) is 0 Å². The summed E-state index contributed by atoms with van der Waals surface area (Å²) in [5.74, 6) is -0.706. The first kappa shape index (κ1) is 19.4. The highest BCUT2D eigenvalue weighted by Gasteiger charge is 2.63. The van der Waals surface area contributed by atoms with E-state index >= 15 is 0 Å². The minimum Gasteiger partial charge on any atom is -0.463 e. The monoisotopic (exact) mass is 342 g/mol. The van der Waals surface area contributed by atoms with Crippen LogP contribution in [0.5, 0.6) is 0 Å². The first-order valence-corrected chi connectivity index (χ1v) is 6.93. The number of terminal acetylenes is 1. The SMILES string of the molecule is C#C[C@@]1(OC(C)=O)[C@@H](COC(C)=O)OC(OC(C)=O)[C@@H]1OC(C)=O. The molecular weight excluding hydrogens is 324 g/mol. The van der Waals surface area contributed by atoms with Crippen molar-refractivity contribution in [2.75, 3.05) is 6.61 Å². The van der Waals surface area contributed by atoms with E-state index in [0.717, 1.165) is 27.7 Å². The van der Waals surface area contributed by atoms with Gasteiger partial charge < -0.3 is 23.7 Å². The number of carbonyl (C=O) groups is 4. The zero-order chi connectivity index (χ0) is 18.5. The third-order valence-corrected chi connectivity index (χ3v) is 3.00. The van der Waals surface area contributed by atoms with Crippen molar-refractivity contribution < 1.29 is 42.9 Å². The van der Waals surface area contributed by atoms with Gasteiger partial charge in [0.15, 0.2) is 6.10 Å². The molecule has 0 saturated carbocycles. The molecule has 4 atom stereocenters. The molecule has 24 heavy (non-hydrogen) atoms. The lowest BCUT2D eigenvalue weighted by Gasteiger charge is -2.31. The molecule has 0 N–H and O–H groups in total. The Labute approximate surface area is 138 Å². The van der Waals surface area contributed by atoms with Gasteiger partial charge >= 0.3 is 23.9 Å². The molecular formula is C15H18O9. The van der Waals surface area contributed by atoms with E-state index in [9.17, 15) is 19.2 Å². The third kappa shape index (κ3) is 4.45. The molecule has 0 aromatic rings. The molecule has 0 aliphatic carbocycles. The predicted octanol–water partition coefficient (Wildman–Crippen LogP) is -0.296. The van der Waals surface area contributed by atoms with E-state index in [2.05, 4.69) is 5.92 Å². The fraction of sp³-hybridized carbons (Fsp3) is 0.600. The Kier molecular flexibility index (Phi) is 6.31. The van der Waals surface area contributed by atoms with Gasteiger partial charge in [0.25, 0.3) is 0 Å². The maximum absolute atomic E-state index is 11.5. The largest absolute Gasteiger partial charge is 0.463 e. The van der Waals surface area contributed by atoms with Crippen molar-refractivity contribution in [1.82, 2.24) is 0 Å². The van der Waals surface area contributed by atoms with E-state index < -0.39 is 54.6 Å². The lowest BCUT2D eigenvalue weighted by molar-refractivity contribution is -0.198. The van der Waals surface area contributed by atoms with Crippen LogP contribution in [-0.2, 0) is 42.9 Å². The number of rotatable bonds is 5. The zero-order valence-corrected chi connectivity index (χ0v) is 13.7. The van der Waals surface area contributed by atoms with Crippen LogP contribution in [0, 0.1) is 12.3 Å². The van der Waals surface area contributed by atoms with Crippen LogP contribution in [0.2, 0.25) is 0 Å². The van der Waals surface area contributed by atoms with Gasteiger partial charge in [-0.1, -0.05) is 5.92 Å². The van der Waals surface area contributed by atoms with Crippen LogP contribution in [0.4, 0.5) is 0 Å². The Balaban J connectivity index is 3.27. The van der Waals surface area contributed by atoms with E-state index in [-0.39, 0.29) is 0 Å².